The lowest BCUT2D eigenvalue weighted by Crippen LogP contribution is -2.25. The number of benzene rings is 2. The molecule has 0 aliphatic rings. The maximum absolute atomic E-state index is 12.5. The summed E-state index contributed by atoms with van der Waals surface area (Å²) in [6, 6.07) is 18.0. The van der Waals surface area contributed by atoms with Gasteiger partial charge in [-0.05, 0) is 55.3 Å². The van der Waals surface area contributed by atoms with Crippen molar-refractivity contribution in [3.63, 3.8) is 0 Å². The van der Waals surface area contributed by atoms with Gasteiger partial charge in [-0.15, -0.1) is 0 Å². The van der Waals surface area contributed by atoms with Crippen LogP contribution in [0.4, 0.5) is 5.69 Å². The number of aromatic nitrogens is 1. The number of nitrogens with zero attached hydrogens (tertiary/aromatic N) is 1. The molecule has 2 amide bonds. The zero-order chi connectivity index (χ0) is 20.8. The number of rotatable bonds is 6. The predicted molar refractivity (Wildman–Crippen MR) is 112 cm³/mol. The molecule has 3 aromatic rings. The summed E-state index contributed by atoms with van der Waals surface area (Å²) in [6.07, 6.45) is 0. The summed E-state index contributed by atoms with van der Waals surface area (Å²) in [5.74, 6) is 0.0491. The van der Waals surface area contributed by atoms with E-state index in [0.717, 1.165) is 28.1 Å². The molecule has 6 nitrogen and oxygen atoms in total. The first-order valence-corrected chi connectivity index (χ1v) is 9.23. The van der Waals surface area contributed by atoms with Gasteiger partial charge < -0.3 is 15.4 Å². The van der Waals surface area contributed by atoms with Crippen LogP contribution in [0.2, 0.25) is 0 Å². The standard InChI is InChI=1S/C23H23N3O3/c1-15-7-12-19(16(2)13-15)26-23(28)21-6-4-5-20(25-21)22(27)24-14-17-8-10-18(29-3)11-9-17/h4-13H,14H2,1-3H3,(H,24,27)(H,26,28). The Kier molecular flexibility index (Phi) is 6.24. The highest BCUT2D eigenvalue weighted by Gasteiger charge is 2.13. The first-order chi connectivity index (χ1) is 14.0. The van der Waals surface area contributed by atoms with Crippen LogP contribution >= 0.6 is 0 Å². The molecular weight excluding hydrogens is 366 g/mol. The molecule has 2 aromatic carbocycles. The fourth-order valence-corrected chi connectivity index (χ4v) is 2.84. The lowest BCUT2D eigenvalue weighted by Gasteiger charge is -2.10. The predicted octanol–water partition coefficient (Wildman–Crippen LogP) is 3.89. The average molecular weight is 389 g/mol. The van der Waals surface area contributed by atoms with Crippen LogP contribution in [0.15, 0.2) is 60.7 Å². The van der Waals surface area contributed by atoms with Crippen molar-refractivity contribution < 1.29 is 14.3 Å². The lowest BCUT2D eigenvalue weighted by atomic mass is 10.1. The number of hydrogen-bond donors (Lipinski definition) is 2. The number of anilines is 1. The Hall–Kier alpha value is -3.67. The topological polar surface area (TPSA) is 80.3 Å². The van der Waals surface area contributed by atoms with E-state index in [2.05, 4.69) is 15.6 Å². The summed E-state index contributed by atoms with van der Waals surface area (Å²) >= 11 is 0. The Balaban J connectivity index is 1.65. The number of pyridine rings is 1. The van der Waals surface area contributed by atoms with Crippen molar-refractivity contribution in [1.29, 1.82) is 0 Å². The Bertz CT molecular complexity index is 1030. The smallest absolute Gasteiger partial charge is 0.274 e. The SMILES string of the molecule is COc1ccc(CNC(=O)c2cccc(C(=O)Nc3ccc(C)cc3C)n2)cc1. The molecule has 0 aliphatic carbocycles. The molecule has 0 radical (unpaired) electrons. The average Bonchev–Trinajstić information content (AvgIpc) is 2.74. The van der Waals surface area contributed by atoms with Crippen LogP contribution in [0.5, 0.6) is 5.75 Å². The van der Waals surface area contributed by atoms with Crippen LogP contribution in [0.25, 0.3) is 0 Å². The van der Waals surface area contributed by atoms with Crippen LogP contribution in [-0.2, 0) is 6.54 Å². The van der Waals surface area contributed by atoms with Crippen molar-refractivity contribution in [2.75, 3.05) is 12.4 Å². The van der Waals surface area contributed by atoms with Crippen LogP contribution in [0.1, 0.15) is 37.7 Å². The second kappa shape index (κ2) is 9.01. The maximum Gasteiger partial charge on any atom is 0.274 e. The fourth-order valence-electron chi connectivity index (χ4n) is 2.84. The van der Waals surface area contributed by atoms with Crippen molar-refractivity contribution in [2.45, 2.75) is 20.4 Å². The molecule has 0 atom stereocenters. The van der Waals surface area contributed by atoms with E-state index in [-0.39, 0.29) is 23.2 Å². The first-order valence-electron chi connectivity index (χ1n) is 9.23. The van der Waals surface area contributed by atoms with Gasteiger partial charge in [0.15, 0.2) is 0 Å². The van der Waals surface area contributed by atoms with Crippen LogP contribution in [0.3, 0.4) is 0 Å². The first kappa shape index (κ1) is 20.1. The molecule has 29 heavy (non-hydrogen) atoms. The van der Waals surface area contributed by atoms with E-state index in [1.165, 1.54) is 0 Å². The molecule has 1 heterocycles. The molecule has 0 saturated carbocycles. The van der Waals surface area contributed by atoms with Gasteiger partial charge in [0.2, 0.25) is 0 Å². The highest BCUT2D eigenvalue weighted by atomic mass is 16.5. The van der Waals surface area contributed by atoms with E-state index in [1.807, 2.05) is 56.3 Å². The molecule has 3 rings (SSSR count). The van der Waals surface area contributed by atoms with Crippen molar-refractivity contribution in [3.05, 3.63) is 88.7 Å². The molecule has 0 bridgehead atoms. The van der Waals surface area contributed by atoms with E-state index >= 15 is 0 Å². The maximum atomic E-state index is 12.5. The molecule has 0 fully saturated rings. The van der Waals surface area contributed by atoms with Gasteiger partial charge in [0.25, 0.3) is 11.8 Å². The van der Waals surface area contributed by atoms with Gasteiger partial charge in [-0.25, -0.2) is 4.98 Å². The quantitative estimate of drug-likeness (QED) is 0.670. The van der Waals surface area contributed by atoms with E-state index in [0.29, 0.717) is 6.54 Å². The normalized spacial score (nSPS) is 10.3. The van der Waals surface area contributed by atoms with Gasteiger partial charge in [-0.1, -0.05) is 35.9 Å². The molecule has 2 N–H and O–H groups in total. The minimum atomic E-state index is -0.359. The summed E-state index contributed by atoms with van der Waals surface area (Å²) in [5.41, 5.74) is 4.11. The summed E-state index contributed by atoms with van der Waals surface area (Å²) in [7, 11) is 1.60. The minimum Gasteiger partial charge on any atom is -0.497 e. The summed E-state index contributed by atoms with van der Waals surface area (Å²) in [4.78, 5) is 29.2. The third kappa shape index (κ3) is 5.19. The number of nitrogens with one attached hydrogen (secondary N) is 2. The number of methoxy groups -OCH3 is 1. The largest absolute Gasteiger partial charge is 0.497 e. The van der Waals surface area contributed by atoms with E-state index in [1.54, 1.807) is 25.3 Å². The fraction of sp³-hybridized carbons (Fsp3) is 0.174. The zero-order valence-electron chi connectivity index (χ0n) is 16.7. The van der Waals surface area contributed by atoms with Crippen molar-refractivity contribution in [1.82, 2.24) is 10.3 Å². The van der Waals surface area contributed by atoms with Crippen LogP contribution < -0.4 is 15.4 Å². The Morgan fingerprint density at radius 2 is 1.62 bits per heavy atom. The van der Waals surface area contributed by atoms with Gasteiger partial charge >= 0.3 is 0 Å². The Morgan fingerprint density at radius 1 is 0.931 bits per heavy atom. The molecular formula is C23H23N3O3. The highest BCUT2D eigenvalue weighted by Crippen LogP contribution is 2.17. The zero-order valence-corrected chi connectivity index (χ0v) is 16.7. The Morgan fingerprint density at radius 3 is 2.28 bits per heavy atom. The Labute approximate surface area is 169 Å². The lowest BCUT2D eigenvalue weighted by molar-refractivity contribution is 0.0945. The van der Waals surface area contributed by atoms with Gasteiger partial charge in [-0.2, -0.15) is 0 Å². The molecule has 0 aliphatic heterocycles. The molecule has 1 aromatic heterocycles. The van der Waals surface area contributed by atoms with Crippen molar-refractivity contribution >= 4 is 17.5 Å². The number of carbonyl (C=O) groups excluding carboxylic acids is 2. The van der Waals surface area contributed by atoms with Crippen LogP contribution in [0, 0.1) is 13.8 Å². The highest BCUT2D eigenvalue weighted by molar-refractivity contribution is 6.04. The van der Waals surface area contributed by atoms with E-state index in [9.17, 15) is 9.59 Å². The molecule has 148 valence electrons. The summed E-state index contributed by atoms with van der Waals surface area (Å²) < 4.78 is 5.12. The minimum absolute atomic E-state index is 0.182. The van der Waals surface area contributed by atoms with Crippen molar-refractivity contribution in [3.8, 4) is 5.75 Å². The number of carbonyl (C=O) groups is 2. The number of aryl methyl sites for hydroxylation is 2. The second-order valence-corrected chi connectivity index (χ2v) is 6.71. The van der Waals surface area contributed by atoms with E-state index < -0.39 is 0 Å². The van der Waals surface area contributed by atoms with E-state index in [4.69, 9.17) is 4.74 Å². The second-order valence-electron chi connectivity index (χ2n) is 6.71. The third-order valence-corrected chi connectivity index (χ3v) is 4.46. The number of hydrogen-bond acceptors (Lipinski definition) is 4. The van der Waals surface area contributed by atoms with Gasteiger partial charge in [0, 0.05) is 12.2 Å². The van der Waals surface area contributed by atoms with Crippen molar-refractivity contribution in [2.24, 2.45) is 0 Å². The molecule has 0 unspecified atom stereocenters. The third-order valence-electron chi connectivity index (χ3n) is 4.46. The molecule has 0 spiro atoms. The van der Waals surface area contributed by atoms with Gasteiger partial charge in [-0.3, -0.25) is 9.59 Å². The van der Waals surface area contributed by atoms with Crippen LogP contribution in [-0.4, -0.2) is 23.9 Å². The molecule has 6 heteroatoms. The summed E-state index contributed by atoms with van der Waals surface area (Å²) in [6.45, 7) is 4.27. The van der Waals surface area contributed by atoms with Gasteiger partial charge in [0.05, 0.1) is 7.11 Å². The monoisotopic (exact) mass is 389 g/mol. The van der Waals surface area contributed by atoms with Gasteiger partial charge in [0.1, 0.15) is 17.1 Å². The molecule has 0 saturated heterocycles. The summed E-state index contributed by atoms with van der Waals surface area (Å²) in [5, 5.41) is 5.65. The number of amides is 2. The number of ether oxygens (including phenoxy) is 1.